The molecule has 1 atom stereocenters. The summed E-state index contributed by atoms with van der Waals surface area (Å²) in [6, 6.07) is 9.68. The number of hydrogen-bond acceptors (Lipinski definition) is 2. The van der Waals surface area contributed by atoms with Crippen LogP contribution < -0.4 is 10.2 Å². The van der Waals surface area contributed by atoms with Crippen molar-refractivity contribution in [3.63, 3.8) is 0 Å². The summed E-state index contributed by atoms with van der Waals surface area (Å²) in [6.45, 7) is 8.03. The van der Waals surface area contributed by atoms with Gasteiger partial charge in [0.2, 0.25) is 0 Å². The fourth-order valence-electron chi connectivity index (χ4n) is 2.71. The van der Waals surface area contributed by atoms with Gasteiger partial charge in [0.15, 0.2) is 0 Å². The molecule has 0 spiro atoms. The van der Waals surface area contributed by atoms with Gasteiger partial charge in [-0.1, -0.05) is 26.0 Å². The van der Waals surface area contributed by atoms with E-state index < -0.39 is 0 Å². The first kappa shape index (κ1) is 13.4. The molecule has 0 bridgehead atoms. The molecule has 1 unspecified atom stereocenters. The largest absolute Gasteiger partial charge is 0.372 e. The van der Waals surface area contributed by atoms with Crippen molar-refractivity contribution in [2.75, 3.05) is 24.5 Å². The van der Waals surface area contributed by atoms with Crippen LogP contribution in [0.15, 0.2) is 24.3 Å². The molecule has 1 heterocycles. The van der Waals surface area contributed by atoms with Gasteiger partial charge in [-0.2, -0.15) is 0 Å². The van der Waals surface area contributed by atoms with Crippen molar-refractivity contribution in [3.8, 4) is 0 Å². The highest BCUT2D eigenvalue weighted by Gasteiger charge is 2.13. The van der Waals surface area contributed by atoms with Crippen LogP contribution in [0.1, 0.15) is 51.1 Å². The first-order valence-electron chi connectivity index (χ1n) is 7.43. The Morgan fingerprint density at radius 2 is 1.78 bits per heavy atom. The normalized spacial score (nSPS) is 17.1. The van der Waals surface area contributed by atoms with Crippen LogP contribution >= 0.6 is 0 Å². The van der Waals surface area contributed by atoms with Gasteiger partial charge < -0.3 is 10.2 Å². The Bertz CT molecular complexity index is 339. The molecule has 1 aromatic carbocycles. The second kappa shape index (κ2) is 6.79. The minimum absolute atomic E-state index is 0.512. The topological polar surface area (TPSA) is 15.3 Å². The Hall–Kier alpha value is -1.02. The molecular formula is C16H26N2. The molecule has 2 heteroatoms. The molecule has 1 aromatic rings. The number of nitrogens with one attached hydrogen (secondary N) is 1. The molecule has 1 aliphatic heterocycles. The van der Waals surface area contributed by atoms with Crippen molar-refractivity contribution in [1.82, 2.24) is 5.32 Å². The number of anilines is 1. The van der Waals surface area contributed by atoms with E-state index in [1.54, 1.807) is 0 Å². The summed E-state index contributed by atoms with van der Waals surface area (Å²) in [5.41, 5.74) is 2.82. The van der Waals surface area contributed by atoms with E-state index in [-0.39, 0.29) is 0 Å². The molecule has 0 saturated carbocycles. The van der Waals surface area contributed by atoms with Gasteiger partial charge >= 0.3 is 0 Å². The first-order valence-corrected chi connectivity index (χ1v) is 7.43. The molecule has 0 aromatic heterocycles. The van der Waals surface area contributed by atoms with Gasteiger partial charge in [-0.15, -0.1) is 0 Å². The number of benzene rings is 1. The SMILES string of the molecule is CCCNC(CC)c1ccc(N2CCCC2)cc1. The van der Waals surface area contributed by atoms with E-state index >= 15 is 0 Å². The van der Waals surface area contributed by atoms with E-state index in [1.807, 2.05) is 0 Å². The summed E-state index contributed by atoms with van der Waals surface area (Å²) in [6.07, 6.45) is 5.04. The van der Waals surface area contributed by atoms with Gasteiger partial charge in [-0.3, -0.25) is 0 Å². The predicted molar refractivity (Wildman–Crippen MR) is 79.2 cm³/mol. The molecule has 2 rings (SSSR count). The van der Waals surface area contributed by atoms with Crippen molar-refractivity contribution in [2.45, 2.75) is 45.6 Å². The van der Waals surface area contributed by atoms with E-state index in [1.165, 1.54) is 43.6 Å². The van der Waals surface area contributed by atoms with Gasteiger partial charge in [0.05, 0.1) is 0 Å². The number of nitrogens with zero attached hydrogens (tertiary/aromatic N) is 1. The third kappa shape index (κ3) is 3.26. The highest BCUT2D eigenvalue weighted by molar-refractivity contribution is 5.48. The second-order valence-electron chi connectivity index (χ2n) is 5.20. The molecule has 0 radical (unpaired) electrons. The number of rotatable bonds is 6. The van der Waals surface area contributed by atoms with Gasteiger partial charge in [-0.25, -0.2) is 0 Å². The van der Waals surface area contributed by atoms with Crippen molar-refractivity contribution in [3.05, 3.63) is 29.8 Å². The van der Waals surface area contributed by atoms with Crippen LogP contribution in [0.5, 0.6) is 0 Å². The summed E-state index contributed by atoms with van der Waals surface area (Å²) in [5, 5.41) is 3.61. The Balaban J connectivity index is 2.00. The van der Waals surface area contributed by atoms with Crippen molar-refractivity contribution >= 4 is 5.69 Å². The van der Waals surface area contributed by atoms with Crippen LogP contribution in [0.4, 0.5) is 5.69 Å². The Labute approximate surface area is 111 Å². The highest BCUT2D eigenvalue weighted by Crippen LogP contribution is 2.23. The Kier molecular flexibility index (Phi) is 5.06. The summed E-state index contributed by atoms with van der Waals surface area (Å²) in [5.74, 6) is 0. The average Bonchev–Trinajstić information content (AvgIpc) is 2.94. The van der Waals surface area contributed by atoms with Crippen LogP contribution in [0, 0.1) is 0 Å². The van der Waals surface area contributed by atoms with E-state index in [2.05, 4.69) is 48.3 Å². The predicted octanol–water partition coefficient (Wildman–Crippen LogP) is 3.74. The van der Waals surface area contributed by atoms with Crippen LogP contribution in [0.2, 0.25) is 0 Å². The monoisotopic (exact) mass is 246 g/mol. The molecule has 1 aliphatic rings. The maximum Gasteiger partial charge on any atom is 0.0366 e. The van der Waals surface area contributed by atoms with Gasteiger partial charge in [0.25, 0.3) is 0 Å². The van der Waals surface area contributed by atoms with Gasteiger partial charge in [0, 0.05) is 24.8 Å². The summed E-state index contributed by atoms with van der Waals surface area (Å²) >= 11 is 0. The van der Waals surface area contributed by atoms with Crippen LogP contribution in [0.3, 0.4) is 0 Å². The lowest BCUT2D eigenvalue weighted by molar-refractivity contribution is 0.518. The summed E-state index contributed by atoms with van der Waals surface area (Å²) < 4.78 is 0. The van der Waals surface area contributed by atoms with E-state index in [4.69, 9.17) is 0 Å². The first-order chi connectivity index (χ1) is 8.85. The molecule has 0 amide bonds. The lowest BCUT2D eigenvalue weighted by atomic mass is 10.0. The van der Waals surface area contributed by atoms with E-state index in [0.29, 0.717) is 6.04 Å². The van der Waals surface area contributed by atoms with Crippen LogP contribution in [0.25, 0.3) is 0 Å². The highest BCUT2D eigenvalue weighted by atomic mass is 15.1. The van der Waals surface area contributed by atoms with Crippen molar-refractivity contribution in [1.29, 1.82) is 0 Å². The van der Waals surface area contributed by atoms with E-state index in [0.717, 1.165) is 13.0 Å². The van der Waals surface area contributed by atoms with E-state index in [9.17, 15) is 0 Å². The third-order valence-corrected chi connectivity index (χ3v) is 3.82. The molecule has 1 fully saturated rings. The lowest BCUT2D eigenvalue weighted by Gasteiger charge is -2.20. The standard InChI is InChI=1S/C16H26N2/c1-3-11-17-16(4-2)14-7-9-15(10-8-14)18-12-5-6-13-18/h7-10,16-17H,3-6,11-13H2,1-2H3. The van der Waals surface area contributed by atoms with Gasteiger partial charge in [0.1, 0.15) is 0 Å². The molecule has 100 valence electrons. The second-order valence-corrected chi connectivity index (χ2v) is 5.20. The molecule has 1 saturated heterocycles. The zero-order valence-electron chi connectivity index (χ0n) is 11.8. The smallest absolute Gasteiger partial charge is 0.0366 e. The Morgan fingerprint density at radius 1 is 1.11 bits per heavy atom. The summed E-state index contributed by atoms with van der Waals surface area (Å²) in [7, 11) is 0. The minimum atomic E-state index is 0.512. The zero-order chi connectivity index (χ0) is 12.8. The third-order valence-electron chi connectivity index (χ3n) is 3.82. The molecule has 18 heavy (non-hydrogen) atoms. The van der Waals surface area contributed by atoms with Crippen molar-refractivity contribution < 1.29 is 0 Å². The zero-order valence-corrected chi connectivity index (χ0v) is 11.8. The van der Waals surface area contributed by atoms with Crippen LogP contribution in [-0.4, -0.2) is 19.6 Å². The minimum Gasteiger partial charge on any atom is -0.372 e. The molecule has 2 nitrogen and oxygen atoms in total. The maximum atomic E-state index is 3.61. The fourth-order valence-corrected chi connectivity index (χ4v) is 2.71. The lowest BCUT2D eigenvalue weighted by Crippen LogP contribution is -2.22. The van der Waals surface area contributed by atoms with Crippen LogP contribution in [-0.2, 0) is 0 Å². The fraction of sp³-hybridized carbons (Fsp3) is 0.625. The Morgan fingerprint density at radius 3 is 2.33 bits per heavy atom. The molecule has 1 N–H and O–H groups in total. The number of hydrogen-bond donors (Lipinski definition) is 1. The molecule has 0 aliphatic carbocycles. The van der Waals surface area contributed by atoms with Crippen molar-refractivity contribution in [2.24, 2.45) is 0 Å². The molecular weight excluding hydrogens is 220 g/mol. The van der Waals surface area contributed by atoms with Gasteiger partial charge in [-0.05, 0) is 49.9 Å². The maximum absolute atomic E-state index is 3.61. The quantitative estimate of drug-likeness (QED) is 0.822. The average molecular weight is 246 g/mol. The summed E-state index contributed by atoms with van der Waals surface area (Å²) in [4.78, 5) is 2.49.